The van der Waals surface area contributed by atoms with Gasteiger partial charge in [-0.2, -0.15) is 0 Å². The van der Waals surface area contributed by atoms with E-state index in [4.69, 9.17) is 5.11 Å². The monoisotopic (exact) mass is 270 g/mol. The third-order valence-corrected chi connectivity index (χ3v) is 3.77. The van der Waals surface area contributed by atoms with Crippen LogP contribution in [0.25, 0.3) is 0 Å². The summed E-state index contributed by atoms with van der Waals surface area (Å²) in [5, 5.41) is 14.2. The molecule has 1 fully saturated rings. The maximum Gasteiger partial charge on any atom is 0.315 e. The van der Waals surface area contributed by atoms with Crippen LogP contribution in [-0.2, 0) is 4.79 Å². The van der Waals surface area contributed by atoms with E-state index >= 15 is 0 Å². The second-order valence-corrected chi connectivity index (χ2v) is 5.83. The normalized spacial score (nSPS) is 24.5. The quantitative estimate of drug-likeness (QED) is 0.693. The summed E-state index contributed by atoms with van der Waals surface area (Å²) in [6, 6.07) is -0.294. The van der Waals surface area contributed by atoms with Crippen molar-refractivity contribution in [2.45, 2.75) is 58.4 Å². The average Bonchev–Trinajstić information content (AvgIpc) is 2.34. The fraction of sp³-hybridized carbons (Fsp3) is 0.857. The van der Waals surface area contributed by atoms with Gasteiger partial charge < -0.3 is 15.7 Å². The molecule has 0 aromatic carbocycles. The third kappa shape index (κ3) is 7.03. The summed E-state index contributed by atoms with van der Waals surface area (Å²) in [5.74, 6) is 0.521. The number of rotatable bonds is 6. The van der Waals surface area contributed by atoms with Gasteiger partial charge in [0.25, 0.3) is 0 Å². The maximum absolute atomic E-state index is 11.7. The van der Waals surface area contributed by atoms with Crippen LogP contribution in [0, 0.1) is 11.8 Å². The van der Waals surface area contributed by atoms with Crippen molar-refractivity contribution in [3.8, 4) is 0 Å². The molecule has 5 nitrogen and oxygen atoms in total. The number of hydrogen-bond acceptors (Lipinski definition) is 2. The van der Waals surface area contributed by atoms with E-state index in [0.717, 1.165) is 12.5 Å². The van der Waals surface area contributed by atoms with Gasteiger partial charge in [0.05, 0.1) is 0 Å². The second-order valence-electron chi connectivity index (χ2n) is 5.83. The van der Waals surface area contributed by atoms with Gasteiger partial charge in [-0.1, -0.05) is 19.8 Å². The van der Waals surface area contributed by atoms with Gasteiger partial charge >= 0.3 is 12.0 Å². The summed E-state index contributed by atoms with van der Waals surface area (Å²) in [5.41, 5.74) is 0. The lowest BCUT2D eigenvalue weighted by Crippen LogP contribution is -2.43. The van der Waals surface area contributed by atoms with Gasteiger partial charge in [0, 0.05) is 19.0 Å². The molecule has 0 aliphatic heterocycles. The lowest BCUT2D eigenvalue weighted by atomic mass is 9.82. The molecule has 1 saturated carbocycles. The molecule has 0 aromatic rings. The molecule has 19 heavy (non-hydrogen) atoms. The highest BCUT2D eigenvalue weighted by Gasteiger charge is 2.19. The molecule has 0 radical (unpaired) electrons. The minimum atomic E-state index is -0.828. The van der Waals surface area contributed by atoms with Crippen molar-refractivity contribution in [2.75, 3.05) is 6.54 Å². The SMILES string of the molecule is CC1CCCC(CNC(=O)NC(C)CCC(=O)O)C1. The van der Waals surface area contributed by atoms with Crippen LogP contribution in [0.4, 0.5) is 4.79 Å². The molecular formula is C14H26N2O3. The number of carboxylic acids is 1. The number of aliphatic carboxylic acids is 1. The van der Waals surface area contributed by atoms with Crippen molar-refractivity contribution in [3.63, 3.8) is 0 Å². The van der Waals surface area contributed by atoms with Crippen LogP contribution in [0.1, 0.15) is 52.4 Å². The second kappa shape index (κ2) is 8.02. The van der Waals surface area contributed by atoms with E-state index in [2.05, 4.69) is 17.6 Å². The highest BCUT2D eigenvalue weighted by Crippen LogP contribution is 2.27. The van der Waals surface area contributed by atoms with Crippen molar-refractivity contribution in [1.82, 2.24) is 10.6 Å². The number of carboxylic acid groups (broad SMARTS) is 1. The van der Waals surface area contributed by atoms with E-state index in [1.807, 2.05) is 6.92 Å². The number of carbonyl (C=O) groups excluding carboxylic acids is 1. The predicted molar refractivity (Wildman–Crippen MR) is 74.0 cm³/mol. The van der Waals surface area contributed by atoms with E-state index in [1.165, 1.54) is 25.7 Å². The van der Waals surface area contributed by atoms with E-state index in [1.54, 1.807) is 0 Å². The fourth-order valence-corrected chi connectivity index (χ4v) is 2.67. The summed E-state index contributed by atoms with van der Waals surface area (Å²) < 4.78 is 0. The van der Waals surface area contributed by atoms with Crippen molar-refractivity contribution >= 4 is 12.0 Å². The zero-order chi connectivity index (χ0) is 14.3. The first kappa shape index (κ1) is 15.8. The molecule has 3 N–H and O–H groups in total. The van der Waals surface area contributed by atoms with Gasteiger partial charge in [0.15, 0.2) is 0 Å². The molecule has 110 valence electrons. The molecule has 1 rings (SSSR count). The Bertz CT molecular complexity index is 307. The Morgan fingerprint density at radius 2 is 2.11 bits per heavy atom. The Morgan fingerprint density at radius 3 is 2.74 bits per heavy atom. The van der Waals surface area contributed by atoms with Crippen molar-refractivity contribution < 1.29 is 14.7 Å². The molecule has 0 spiro atoms. The van der Waals surface area contributed by atoms with Gasteiger partial charge in [-0.3, -0.25) is 4.79 Å². The Hall–Kier alpha value is -1.26. The number of urea groups is 1. The van der Waals surface area contributed by atoms with Gasteiger partial charge in [-0.15, -0.1) is 0 Å². The van der Waals surface area contributed by atoms with Crippen LogP contribution < -0.4 is 10.6 Å². The Balaban J connectivity index is 2.14. The summed E-state index contributed by atoms with van der Waals surface area (Å²) in [6.45, 7) is 4.81. The summed E-state index contributed by atoms with van der Waals surface area (Å²) in [6.07, 6.45) is 5.48. The predicted octanol–water partition coefficient (Wildman–Crippen LogP) is 2.37. The molecular weight excluding hydrogens is 244 g/mol. The Kier molecular flexibility index (Phi) is 6.67. The van der Waals surface area contributed by atoms with Crippen molar-refractivity contribution in [2.24, 2.45) is 11.8 Å². The molecule has 1 aliphatic rings. The molecule has 3 unspecified atom stereocenters. The maximum atomic E-state index is 11.7. The highest BCUT2D eigenvalue weighted by atomic mass is 16.4. The zero-order valence-electron chi connectivity index (χ0n) is 11.9. The molecule has 3 atom stereocenters. The minimum Gasteiger partial charge on any atom is -0.481 e. The first-order valence-corrected chi connectivity index (χ1v) is 7.23. The standard InChI is InChI=1S/C14H26N2O3/c1-10-4-3-5-12(8-10)9-15-14(19)16-11(2)6-7-13(17)18/h10-12H,3-9H2,1-2H3,(H,17,18)(H2,15,16,19). The summed E-state index contributed by atoms with van der Waals surface area (Å²) in [4.78, 5) is 22.1. The zero-order valence-corrected chi connectivity index (χ0v) is 11.9. The largest absolute Gasteiger partial charge is 0.481 e. The molecule has 0 heterocycles. The smallest absolute Gasteiger partial charge is 0.315 e. The van der Waals surface area contributed by atoms with Gasteiger partial charge in [0.1, 0.15) is 0 Å². The Morgan fingerprint density at radius 1 is 1.37 bits per heavy atom. The minimum absolute atomic E-state index is 0.0849. The van der Waals surface area contributed by atoms with E-state index in [-0.39, 0.29) is 18.5 Å². The molecule has 0 saturated heterocycles. The van der Waals surface area contributed by atoms with Crippen LogP contribution in [0.5, 0.6) is 0 Å². The first-order valence-electron chi connectivity index (χ1n) is 7.23. The van der Waals surface area contributed by atoms with Crippen LogP contribution in [-0.4, -0.2) is 29.7 Å². The van der Waals surface area contributed by atoms with Crippen LogP contribution in [0.3, 0.4) is 0 Å². The van der Waals surface area contributed by atoms with Crippen LogP contribution in [0.15, 0.2) is 0 Å². The highest BCUT2D eigenvalue weighted by molar-refractivity contribution is 5.74. The topological polar surface area (TPSA) is 78.4 Å². The number of nitrogens with one attached hydrogen (secondary N) is 2. The summed E-state index contributed by atoms with van der Waals surface area (Å²) >= 11 is 0. The van der Waals surface area contributed by atoms with E-state index < -0.39 is 5.97 Å². The molecule has 0 aromatic heterocycles. The lowest BCUT2D eigenvalue weighted by molar-refractivity contribution is -0.137. The van der Waals surface area contributed by atoms with Crippen molar-refractivity contribution in [3.05, 3.63) is 0 Å². The van der Waals surface area contributed by atoms with E-state index in [9.17, 15) is 9.59 Å². The molecule has 0 bridgehead atoms. The summed E-state index contributed by atoms with van der Waals surface area (Å²) in [7, 11) is 0. The first-order chi connectivity index (χ1) is 8.97. The fourth-order valence-electron chi connectivity index (χ4n) is 2.67. The Labute approximate surface area is 115 Å². The van der Waals surface area contributed by atoms with Gasteiger partial charge in [0.2, 0.25) is 0 Å². The molecule has 2 amide bonds. The van der Waals surface area contributed by atoms with Gasteiger partial charge in [-0.25, -0.2) is 4.79 Å². The average molecular weight is 270 g/mol. The number of carbonyl (C=O) groups is 2. The molecule has 5 heteroatoms. The van der Waals surface area contributed by atoms with Crippen LogP contribution >= 0.6 is 0 Å². The van der Waals surface area contributed by atoms with Crippen molar-refractivity contribution in [1.29, 1.82) is 0 Å². The molecule has 1 aliphatic carbocycles. The van der Waals surface area contributed by atoms with Crippen LogP contribution in [0.2, 0.25) is 0 Å². The third-order valence-electron chi connectivity index (χ3n) is 3.77. The lowest BCUT2D eigenvalue weighted by Gasteiger charge is -2.27. The van der Waals surface area contributed by atoms with Gasteiger partial charge in [-0.05, 0) is 38.0 Å². The number of hydrogen-bond donors (Lipinski definition) is 3. The number of amides is 2. The van der Waals surface area contributed by atoms with E-state index in [0.29, 0.717) is 12.3 Å².